The monoisotopic (exact) mass is 336 g/mol. The zero-order valence-electron chi connectivity index (χ0n) is 12.2. The van der Waals surface area contributed by atoms with Crippen molar-refractivity contribution < 1.29 is 8.81 Å². The lowest BCUT2D eigenvalue weighted by atomic mass is 10.2. The van der Waals surface area contributed by atoms with E-state index in [1.54, 1.807) is 30.3 Å². The summed E-state index contributed by atoms with van der Waals surface area (Å²) in [6.45, 7) is 6.95. The first-order valence-corrected chi connectivity index (χ1v) is 7.89. The number of hydrogen-bond acceptors (Lipinski definition) is 5. The lowest BCUT2D eigenvalue weighted by molar-refractivity contribution is 0.518. The van der Waals surface area contributed by atoms with E-state index < -0.39 is 0 Å². The Balaban J connectivity index is 1.60. The van der Waals surface area contributed by atoms with E-state index in [0.717, 1.165) is 10.3 Å². The van der Waals surface area contributed by atoms with Crippen molar-refractivity contribution >= 4 is 27.2 Å². The molecule has 0 bridgehead atoms. The maximum absolute atomic E-state index is 13.7. The van der Waals surface area contributed by atoms with Crippen molar-refractivity contribution in [3.8, 4) is 11.5 Å². The van der Waals surface area contributed by atoms with Crippen LogP contribution in [0.25, 0.3) is 26.5 Å². The van der Waals surface area contributed by atoms with E-state index in [1.165, 1.54) is 17.4 Å². The number of thiazole rings is 1. The highest BCUT2D eigenvalue weighted by molar-refractivity contribution is 7.18. The summed E-state index contributed by atoms with van der Waals surface area (Å²) in [6, 6.07) is 11.8. The molecule has 2 heterocycles. The average Bonchev–Trinajstić information content (AvgIpc) is 3.23. The summed E-state index contributed by atoms with van der Waals surface area (Å²) < 4.78 is 20.1. The molecule has 0 saturated carbocycles. The van der Waals surface area contributed by atoms with Crippen molar-refractivity contribution in [3.05, 3.63) is 70.6 Å². The molecule has 2 aromatic carbocycles. The van der Waals surface area contributed by atoms with Crippen LogP contribution >= 0.6 is 11.3 Å². The van der Waals surface area contributed by atoms with Crippen molar-refractivity contribution in [2.24, 2.45) is 0 Å². The van der Waals surface area contributed by atoms with E-state index >= 15 is 0 Å². The molecule has 0 spiro atoms. The fourth-order valence-corrected chi connectivity index (χ4v) is 3.26. The molecule has 0 radical (unpaired) electrons. The minimum absolute atomic E-state index is 0.332. The highest BCUT2D eigenvalue weighted by atomic mass is 32.1. The van der Waals surface area contributed by atoms with Gasteiger partial charge in [-0.15, -0.1) is 21.5 Å². The van der Waals surface area contributed by atoms with Gasteiger partial charge in [0.15, 0.2) is 5.69 Å². The van der Waals surface area contributed by atoms with E-state index in [-0.39, 0.29) is 5.82 Å². The van der Waals surface area contributed by atoms with Gasteiger partial charge in [0.05, 0.1) is 17.7 Å². The molecule has 0 aliphatic carbocycles. The average molecular weight is 336 g/mol. The number of nitrogens with zero attached hydrogens (tertiary/aromatic N) is 4. The van der Waals surface area contributed by atoms with Gasteiger partial charge in [0.1, 0.15) is 16.3 Å². The molecule has 0 aliphatic heterocycles. The molecule has 2 aromatic heterocycles. The number of halogens is 1. The van der Waals surface area contributed by atoms with Crippen molar-refractivity contribution in [1.29, 1.82) is 0 Å². The molecular formula is C17H9FN4OS. The largest absolute Gasteiger partial charge is 0.420 e. The Morgan fingerprint density at radius 3 is 2.71 bits per heavy atom. The van der Waals surface area contributed by atoms with Gasteiger partial charge in [-0.3, -0.25) is 0 Å². The van der Waals surface area contributed by atoms with E-state index in [1.807, 2.05) is 6.07 Å². The molecule has 0 atom stereocenters. The predicted molar refractivity (Wildman–Crippen MR) is 88.4 cm³/mol. The summed E-state index contributed by atoms with van der Waals surface area (Å²) in [5, 5.41) is 8.75. The van der Waals surface area contributed by atoms with Gasteiger partial charge in [-0.25, -0.2) is 14.2 Å². The van der Waals surface area contributed by atoms with Crippen LogP contribution in [-0.2, 0) is 6.42 Å². The standard InChI is InChI=1S/C17H9FN4OS/c1-19-11-7-5-10(6-8-11)17-22-21-14(23-17)9-15-20-16-12(18)3-2-4-13(16)24-15/h2-8H,9H2. The highest BCUT2D eigenvalue weighted by Gasteiger charge is 2.13. The minimum Gasteiger partial charge on any atom is -0.420 e. The maximum atomic E-state index is 13.7. The molecule has 0 unspecified atom stereocenters. The second-order valence-corrected chi connectivity index (χ2v) is 6.15. The fourth-order valence-electron chi connectivity index (χ4n) is 2.29. The lowest BCUT2D eigenvalue weighted by Gasteiger charge is -1.94. The molecule has 0 saturated heterocycles. The Morgan fingerprint density at radius 2 is 1.96 bits per heavy atom. The number of aromatic nitrogens is 3. The maximum Gasteiger partial charge on any atom is 0.247 e. The minimum atomic E-state index is -0.332. The first-order valence-electron chi connectivity index (χ1n) is 7.07. The Hall–Kier alpha value is -3.11. The van der Waals surface area contributed by atoms with Crippen LogP contribution in [0.15, 0.2) is 46.9 Å². The topological polar surface area (TPSA) is 56.2 Å². The van der Waals surface area contributed by atoms with Crippen LogP contribution in [-0.4, -0.2) is 15.2 Å². The van der Waals surface area contributed by atoms with Gasteiger partial charge < -0.3 is 4.42 Å². The number of benzene rings is 2. The normalized spacial score (nSPS) is 10.8. The van der Waals surface area contributed by atoms with Crippen LogP contribution in [0.1, 0.15) is 10.9 Å². The third-order valence-corrected chi connectivity index (χ3v) is 4.45. The van der Waals surface area contributed by atoms with Crippen LogP contribution in [0.2, 0.25) is 0 Å². The molecule has 24 heavy (non-hydrogen) atoms. The van der Waals surface area contributed by atoms with Gasteiger partial charge in [0.25, 0.3) is 0 Å². The lowest BCUT2D eigenvalue weighted by Crippen LogP contribution is -1.87. The van der Waals surface area contributed by atoms with Gasteiger partial charge >= 0.3 is 0 Å². The van der Waals surface area contributed by atoms with Gasteiger partial charge in [-0.1, -0.05) is 30.3 Å². The third kappa shape index (κ3) is 2.64. The molecule has 0 aliphatic rings. The van der Waals surface area contributed by atoms with E-state index in [4.69, 9.17) is 11.0 Å². The van der Waals surface area contributed by atoms with Crippen LogP contribution < -0.4 is 0 Å². The van der Waals surface area contributed by atoms with Gasteiger partial charge in [0.2, 0.25) is 11.8 Å². The molecule has 116 valence electrons. The molecule has 0 amide bonds. The summed E-state index contributed by atoms with van der Waals surface area (Å²) in [6.07, 6.45) is 0.353. The van der Waals surface area contributed by atoms with Crippen molar-refractivity contribution in [1.82, 2.24) is 15.2 Å². The predicted octanol–water partition coefficient (Wildman–Crippen LogP) is 4.63. The second kappa shape index (κ2) is 5.83. The summed E-state index contributed by atoms with van der Waals surface area (Å²) in [5.74, 6) is 0.466. The van der Waals surface area contributed by atoms with Crippen molar-refractivity contribution in [2.45, 2.75) is 6.42 Å². The number of hydrogen-bond donors (Lipinski definition) is 0. The fraction of sp³-hybridized carbons (Fsp3) is 0.0588. The van der Waals surface area contributed by atoms with Crippen LogP contribution in [0.4, 0.5) is 10.1 Å². The Kier molecular flexibility index (Phi) is 3.52. The summed E-state index contributed by atoms with van der Waals surface area (Å²) in [4.78, 5) is 7.63. The SMILES string of the molecule is [C-]#[N+]c1ccc(-c2nnc(Cc3nc4c(F)cccc4s3)o2)cc1. The molecule has 0 fully saturated rings. The molecule has 5 nitrogen and oxygen atoms in total. The first kappa shape index (κ1) is 14.5. The Bertz CT molecular complexity index is 1060. The Morgan fingerprint density at radius 1 is 1.12 bits per heavy atom. The smallest absolute Gasteiger partial charge is 0.247 e. The number of rotatable bonds is 3. The second-order valence-electron chi connectivity index (χ2n) is 5.03. The van der Waals surface area contributed by atoms with E-state index in [9.17, 15) is 4.39 Å². The van der Waals surface area contributed by atoms with Crippen LogP contribution in [0.5, 0.6) is 0 Å². The molecule has 7 heteroatoms. The van der Waals surface area contributed by atoms with Gasteiger partial charge in [0, 0.05) is 5.56 Å². The molecular weight excluding hydrogens is 327 g/mol. The van der Waals surface area contributed by atoms with Crippen LogP contribution in [0, 0.1) is 12.4 Å². The Labute approximate surface area is 140 Å². The van der Waals surface area contributed by atoms with Gasteiger partial charge in [-0.2, -0.15) is 0 Å². The van der Waals surface area contributed by atoms with E-state index in [2.05, 4.69) is 20.0 Å². The quantitative estimate of drug-likeness (QED) is 0.512. The highest BCUT2D eigenvalue weighted by Crippen LogP contribution is 2.27. The summed E-state index contributed by atoms with van der Waals surface area (Å²) >= 11 is 1.40. The molecule has 4 rings (SSSR count). The first-order chi connectivity index (χ1) is 11.7. The van der Waals surface area contributed by atoms with Crippen molar-refractivity contribution in [3.63, 3.8) is 0 Å². The molecule has 0 N–H and O–H groups in total. The van der Waals surface area contributed by atoms with E-state index in [0.29, 0.717) is 34.4 Å². The summed E-state index contributed by atoms with van der Waals surface area (Å²) in [5.41, 5.74) is 1.67. The summed E-state index contributed by atoms with van der Waals surface area (Å²) in [7, 11) is 0. The van der Waals surface area contributed by atoms with Gasteiger partial charge in [-0.05, 0) is 12.1 Å². The zero-order valence-corrected chi connectivity index (χ0v) is 13.0. The molecule has 4 aromatic rings. The van der Waals surface area contributed by atoms with Crippen molar-refractivity contribution in [2.75, 3.05) is 0 Å². The van der Waals surface area contributed by atoms with Crippen LogP contribution in [0.3, 0.4) is 0 Å². The number of fused-ring (bicyclic) bond motifs is 1. The number of para-hydroxylation sites is 1. The third-order valence-electron chi connectivity index (χ3n) is 3.43. The zero-order chi connectivity index (χ0) is 16.5.